The van der Waals surface area contributed by atoms with Gasteiger partial charge in [-0.3, -0.25) is 0 Å². The van der Waals surface area contributed by atoms with Crippen LogP contribution in [0.25, 0.3) is 0 Å². The molecule has 20 heavy (non-hydrogen) atoms. The SMILES string of the molecule is CCCCc1ccc(OCc2ccc(C#N)cc2)cc1. The highest BCUT2D eigenvalue weighted by Gasteiger charge is 1.98. The number of rotatable bonds is 6. The highest BCUT2D eigenvalue weighted by molar-refractivity contribution is 5.32. The van der Waals surface area contributed by atoms with E-state index in [0.29, 0.717) is 12.2 Å². The van der Waals surface area contributed by atoms with E-state index in [1.54, 1.807) is 0 Å². The maximum Gasteiger partial charge on any atom is 0.119 e. The molecule has 0 aliphatic heterocycles. The molecule has 2 heteroatoms. The van der Waals surface area contributed by atoms with Crippen molar-refractivity contribution in [3.05, 3.63) is 65.2 Å². The summed E-state index contributed by atoms with van der Waals surface area (Å²) in [4.78, 5) is 0. The first-order valence-corrected chi connectivity index (χ1v) is 7.02. The van der Waals surface area contributed by atoms with Gasteiger partial charge < -0.3 is 4.74 Å². The maximum atomic E-state index is 8.74. The Balaban J connectivity index is 1.88. The summed E-state index contributed by atoms with van der Waals surface area (Å²) >= 11 is 0. The summed E-state index contributed by atoms with van der Waals surface area (Å²) in [5.74, 6) is 0.884. The van der Waals surface area contributed by atoms with Gasteiger partial charge >= 0.3 is 0 Å². The second kappa shape index (κ2) is 7.35. The molecule has 0 aromatic heterocycles. The Labute approximate surface area is 120 Å². The summed E-state index contributed by atoms with van der Waals surface area (Å²) < 4.78 is 5.74. The highest BCUT2D eigenvalue weighted by Crippen LogP contribution is 2.15. The van der Waals surface area contributed by atoms with Crippen LogP contribution in [0.15, 0.2) is 48.5 Å². The first-order chi connectivity index (χ1) is 9.81. The zero-order valence-electron chi connectivity index (χ0n) is 11.8. The number of nitriles is 1. The van der Waals surface area contributed by atoms with Crippen LogP contribution in [0.4, 0.5) is 0 Å². The normalized spacial score (nSPS) is 10.0. The number of hydrogen-bond donors (Lipinski definition) is 0. The third-order valence-electron chi connectivity index (χ3n) is 3.23. The molecular weight excluding hydrogens is 246 g/mol. The molecule has 0 atom stereocenters. The minimum atomic E-state index is 0.528. The van der Waals surface area contributed by atoms with Crippen LogP contribution in [0.5, 0.6) is 5.75 Å². The topological polar surface area (TPSA) is 33.0 Å². The van der Waals surface area contributed by atoms with Crippen LogP contribution in [-0.4, -0.2) is 0 Å². The standard InChI is InChI=1S/C18H19NO/c1-2-3-4-15-9-11-18(12-10-15)20-14-17-7-5-16(13-19)6-8-17/h5-12H,2-4,14H2,1H3. The summed E-state index contributed by atoms with van der Waals surface area (Å²) in [6.45, 7) is 2.73. The minimum absolute atomic E-state index is 0.528. The zero-order valence-corrected chi connectivity index (χ0v) is 11.8. The van der Waals surface area contributed by atoms with E-state index in [4.69, 9.17) is 10.00 Å². The first-order valence-electron chi connectivity index (χ1n) is 7.02. The molecule has 0 unspecified atom stereocenters. The fourth-order valence-electron chi connectivity index (χ4n) is 1.98. The fourth-order valence-corrected chi connectivity index (χ4v) is 1.98. The van der Waals surface area contributed by atoms with E-state index in [2.05, 4.69) is 25.1 Å². The van der Waals surface area contributed by atoms with Crippen molar-refractivity contribution in [1.29, 1.82) is 5.26 Å². The van der Waals surface area contributed by atoms with Crippen LogP contribution < -0.4 is 4.74 Å². The molecule has 0 heterocycles. The second-order valence-electron chi connectivity index (χ2n) is 4.84. The molecule has 0 saturated carbocycles. The first kappa shape index (κ1) is 14.1. The van der Waals surface area contributed by atoms with E-state index in [0.717, 1.165) is 17.7 Å². The molecule has 0 aliphatic carbocycles. The fraction of sp³-hybridized carbons (Fsp3) is 0.278. The van der Waals surface area contributed by atoms with Crippen LogP contribution in [0.2, 0.25) is 0 Å². The summed E-state index contributed by atoms with van der Waals surface area (Å²) in [5.41, 5.74) is 3.10. The largest absolute Gasteiger partial charge is 0.489 e. The maximum absolute atomic E-state index is 8.74. The van der Waals surface area contributed by atoms with Gasteiger partial charge in [-0.1, -0.05) is 37.6 Å². The van der Waals surface area contributed by atoms with Gasteiger partial charge in [0.25, 0.3) is 0 Å². The quantitative estimate of drug-likeness (QED) is 0.771. The number of aryl methyl sites for hydroxylation is 1. The Bertz CT molecular complexity index is 564. The summed E-state index contributed by atoms with van der Waals surface area (Å²) in [5, 5.41) is 8.74. The lowest BCUT2D eigenvalue weighted by molar-refractivity contribution is 0.306. The van der Waals surface area contributed by atoms with E-state index in [1.807, 2.05) is 36.4 Å². The third-order valence-corrected chi connectivity index (χ3v) is 3.23. The summed E-state index contributed by atoms with van der Waals surface area (Å²) in [6.07, 6.45) is 3.58. The minimum Gasteiger partial charge on any atom is -0.489 e. The molecule has 2 nitrogen and oxygen atoms in total. The van der Waals surface area contributed by atoms with Crippen LogP contribution in [0.3, 0.4) is 0 Å². The molecular formula is C18H19NO. The lowest BCUT2D eigenvalue weighted by Crippen LogP contribution is -1.95. The number of hydrogen-bond acceptors (Lipinski definition) is 2. The van der Waals surface area contributed by atoms with Crippen LogP contribution in [-0.2, 0) is 13.0 Å². The molecule has 2 aromatic rings. The second-order valence-corrected chi connectivity index (χ2v) is 4.84. The monoisotopic (exact) mass is 265 g/mol. The number of benzene rings is 2. The van der Waals surface area contributed by atoms with Crippen LogP contribution >= 0.6 is 0 Å². The smallest absolute Gasteiger partial charge is 0.119 e. The van der Waals surface area contributed by atoms with Gasteiger partial charge in [0.1, 0.15) is 12.4 Å². The Kier molecular flexibility index (Phi) is 5.20. The third kappa shape index (κ3) is 4.13. The average Bonchev–Trinajstić information content (AvgIpc) is 2.52. The van der Waals surface area contributed by atoms with Crippen molar-refractivity contribution in [2.24, 2.45) is 0 Å². The molecule has 2 rings (SSSR count). The van der Waals surface area contributed by atoms with Gasteiger partial charge in [0, 0.05) is 0 Å². The van der Waals surface area contributed by atoms with Crippen LogP contribution in [0.1, 0.15) is 36.5 Å². The van der Waals surface area contributed by atoms with Gasteiger partial charge in [0.2, 0.25) is 0 Å². The molecule has 102 valence electrons. The Morgan fingerprint density at radius 2 is 1.60 bits per heavy atom. The molecule has 0 N–H and O–H groups in total. The van der Waals surface area contributed by atoms with Gasteiger partial charge in [-0.15, -0.1) is 0 Å². The van der Waals surface area contributed by atoms with Crippen molar-refractivity contribution in [2.75, 3.05) is 0 Å². The van der Waals surface area contributed by atoms with Gasteiger partial charge in [-0.2, -0.15) is 5.26 Å². The van der Waals surface area contributed by atoms with Crippen molar-refractivity contribution in [3.8, 4) is 11.8 Å². The summed E-state index contributed by atoms with van der Waals surface area (Å²) in [6, 6.07) is 17.9. The molecule has 0 radical (unpaired) electrons. The Morgan fingerprint density at radius 3 is 2.20 bits per heavy atom. The molecule has 0 saturated heterocycles. The molecule has 0 aliphatic rings. The van der Waals surface area contributed by atoms with Gasteiger partial charge in [0.15, 0.2) is 0 Å². The van der Waals surface area contributed by atoms with E-state index >= 15 is 0 Å². The van der Waals surface area contributed by atoms with E-state index < -0.39 is 0 Å². The molecule has 2 aromatic carbocycles. The zero-order chi connectivity index (χ0) is 14.2. The molecule has 0 bridgehead atoms. The Hall–Kier alpha value is -2.27. The van der Waals surface area contributed by atoms with Crippen molar-refractivity contribution in [2.45, 2.75) is 32.8 Å². The lowest BCUT2D eigenvalue weighted by Gasteiger charge is -2.07. The average molecular weight is 265 g/mol. The van der Waals surface area contributed by atoms with Crippen LogP contribution in [0, 0.1) is 11.3 Å². The van der Waals surface area contributed by atoms with E-state index in [1.165, 1.54) is 18.4 Å². The predicted octanol–water partition coefficient (Wildman–Crippen LogP) is 4.48. The molecule has 0 spiro atoms. The van der Waals surface area contributed by atoms with Crippen molar-refractivity contribution >= 4 is 0 Å². The predicted molar refractivity (Wildman–Crippen MR) is 80.5 cm³/mol. The lowest BCUT2D eigenvalue weighted by atomic mass is 10.1. The summed E-state index contributed by atoms with van der Waals surface area (Å²) in [7, 11) is 0. The van der Waals surface area contributed by atoms with E-state index in [9.17, 15) is 0 Å². The number of nitrogens with zero attached hydrogens (tertiary/aromatic N) is 1. The highest BCUT2D eigenvalue weighted by atomic mass is 16.5. The van der Waals surface area contributed by atoms with E-state index in [-0.39, 0.29) is 0 Å². The van der Waals surface area contributed by atoms with Gasteiger partial charge in [-0.25, -0.2) is 0 Å². The Morgan fingerprint density at radius 1 is 0.950 bits per heavy atom. The van der Waals surface area contributed by atoms with Gasteiger partial charge in [-0.05, 0) is 48.2 Å². The van der Waals surface area contributed by atoms with Gasteiger partial charge in [0.05, 0.1) is 11.6 Å². The number of ether oxygens (including phenoxy) is 1. The van der Waals surface area contributed by atoms with Crippen molar-refractivity contribution in [1.82, 2.24) is 0 Å². The van der Waals surface area contributed by atoms with Crippen molar-refractivity contribution < 1.29 is 4.74 Å². The van der Waals surface area contributed by atoms with Crippen molar-refractivity contribution in [3.63, 3.8) is 0 Å². The molecule has 0 fully saturated rings. The number of unbranched alkanes of at least 4 members (excludes halogenated alkanes) is 1. The molecule has 0 amide bonds.